The van der Waals surface area contributed by atoms with Gasteiger partial charge in [-0.25, -0.2) is 4.39 Å². The van der Waals surface area contributed by atoms with Crippen LogP contribution in [0.5, 0.6) is 0 Å². The third-order valence-electron chi connectivity index (χ3n) is 3.17. The van der Waals surface area contributed by atoms with Crippen molar-refractivity contribution in [2.24, 2.45) is 5.92 Å². The molecular formula is C15H21FN2O. The van der Waals surface area contributed by atoms with Gasteiger partial charge in [-0.3, -0.25) is 5.41 Å². The van der Waals surface area contributed by atoms with Gasteiger partial charge in [0.05, 0.1) is 0 Å². The van der Waals surface area contributed by atoms with E-state index in [1.165, 1.54) is 12.1 Å². The van der Waals surface area contributed by atoms with Crippen molar-refractivity contribution in [3.63, 3.8) is 0 Å². The lowest BCUT2D eigenvalue weighted by Gasteiger charge is -2.17. The van der Waals surface area contributed by atoms with Crippen molar-refractivity contribution in [2.75, 3.05) is 19.8 Å². The number of nitrogens with zero attached hydrogens (tertiary/aromatic N) is 1. The Kier molecular flexibility index (Phi) is 4.53. The smallest absolute Gasteiger partial charge is 0.128 e. The third-order valence-corrected chi connectivity index (χ3v) is 3.17. The predicted molar refractivity (Wildman–Crippen MR) is 73.9 cm³/mol. The van der Waals surface area contributed by atoms with Gasteiger partial charge in [0, 0.05) is 31.9 Å². The highest BCUT2D eigenvalue weighted by Crippen LogP contribution is 2.23. The number of amidine groups is 1. The molecule has 1 heterocycles. The Labute approximate surface area is 113 Å². The van der Waals surface area contributed by atoms with Gasteiger partial charge in [-0.05, 0) is 30.0 Å². The molecule has 4 heteroatoms. The second-order valence-electron chi connectivity index (χ2n) is 5.39. The molecule has 0 aliphatic carbocycles. The fourth-order valence-corrected chi connectivity index (χ4v) is 2.23. The number of rotatable bonds is 6. The normalized spacial score (nSPS) is 14.3. The maximum Gasteiger partial charge on any atom is 0.128 e. The molecule has 0 amide bonds. The molecule has 0 spiro atoms. The quantitative estimate of drug-likeness (QED) is 0.802. The summed E-state index contributed by atoms with van der Waals surface area (Å²) < 4.78 is 18.7. The zero-order chi connectivity index (χ0) is 13.8. The lowest BCUT2D eigenvalue weighted by atomic mass is 10.1. The van der Waals surface area contributed by atoms with Crippen molar-refractivity contribution >= 4 is 5.84 Å². The molecule has 104 valence electrons. The van der Waals surface area contributed by atoms with Crippen molar-refractivity contribution in [3.05, 3.63) is 35.1 Å². The molecule has 1 aliphatic heterocycles. The monoisotopic (exact) mass is 264 g/mol. The van der Waals surface area contributed by atoms with E-state index in [2.05, 4.69) is 13.8 Å². The molecule has 0 bridgehead atoms. The number of hydrogen-bond donors (Lipinski definition) is 1. The van der Waals surface area contributed by atoms with Crippen LogP contribution in [0.25, 0.3) is 0 Å². The highest BCUT2D eigenvalue weighted by atomic mass is 19.1. The van der Waals surface area contributed by atoms with Gasteiger partial charge in [0.25, 0.3) is 0 Å². The zero-order valence-corrected chi connectivity index (χ0v) is 11.6. The van der Waals surface area contributed by atoms with Crippen LogP contribution in [0.3, 0.4) is 0 Å². The van der Waals surface area contributed by atoms with Crippen molar-refractivity contribution in [2.45, 2.75) is 26.8 Å². The van der Waals surface area contributed by atoms with Gasteiger partial charge < -0.3 is 9.64 Å². The van der Waals surface area contributed by atoms with Crippen LogP contribution in [0.4, 0.5) is 4.39 Å². The highest BCUT2D eigenvalue weighted by Gasteiger charge is 2.23. The molecule has 0 atom stereocenters. The van der Waals surface area contributed by atoms with E-state index in [0.717, 1.165) is 30.7 Å². The average molecular weight is 264 g/mol. The molecule has 0 saturated heterocycles. The molecule has 1 aliphatic rings. The molecule has 1 N–H and O–H groups in total. The third kappa shape index (κ3) is 3.53. The van der Waals surface area contributed by atoms with Crippen LogP contribution >= 0.6 is 0 Å². The van der Waals surface area contributed by atoms with E-state index in [4.69, 9.17) is 10.1 Å². The summed E-state index contributed by atoms with van der Waals surface area (Å²) in [4.78, 5) is 1.98. The first-order valence-corrected chi connectivity index (χ1v) is 6.78. The first-order chi connectivity index (χ1) is 9.08. The molecule has 0 unspecified atom stereocenters. The van der Waals surface area contributed by atoms with Crippen LogP contribution < -0.4 is 0 Å². The molecule has 2 rings (SSSR count). The highest BCUT2D eigenvalue weighted by molar-refractivity contribution is 6.00. The number of halogens is 1. The minimum Gasteiger partial charge on any atom is -0.381 e. The van der Waals surface area contributed by atoms with Crippen LogP contribution in [-0.2, 0) is 11.3 Å². The summed E-state index contributed by atoms with van der Waals surface area (Å²) in [5, 5.41) is 8.05. The van der Waals surface area contributed by atoms with Crippen molar-refractivity contribution in [1.29, 1.82) is 5.41 Å². The van der Waals surface area contributed by atoms with Gasteiger partial charge in [0.1, 0.15) is 11.7 Å². The maximum absolute atomic E-state index is 13.2. The molecular weight excluding hydrogens is 243 g/mol. The summed E-state index contributed by atoms with van der Waals surface area (Å²) in [6.45, 7) is 7.24. The molecule has 0 fully saturated rings. The number of fused-ring (bicyclic) bond motifs is 1. The lowest BCUT2D eigenvalue weighted by Crippen LogP contribution is -2.26. The van der Waals surface area contributed by atoms with Crippen molar-refractivity contribution < 1.29 is 9.13 Å². The fraction of sp³-hybridized carbons (Fsp3) is 0.533. The van der Waals surface area contributed by atoms with E-state index < -0.39 is 0 Å². The number of nitrogens with one attached hydrogen (secondary N) is 1. The maximum atomic E-state index is 13.2. The Hall–Kier alpha value is -1.42. The fourth-order valence-electron chi connectivity index (χ4n) is 2.23. The second-order valence-corrected chi connectivity index (χ2v) is 5.39. The number of benzene rings is 1. The van der Waals surface area contributed by atoms with Crippen LogP contribution in [0.15, 0.2) is 18.2 Å². The van der Waals surface area contributed by atoms with E-state index in [-0.39, 0.29) is 5.82 Å². The van der Waals surface area contributed by atoms with E-state index in [0.29, 0.717) is 24.9 Å². The van der Waals surface area contributed by atoms with Gasteiger partial charge in [-0.15, -0.1) is 0 Å². The molecule has 0 aromatic heterocycles. The Morgan fingerprint density at radius 3 is 2.95 bits per heavy atom. The minimum absolute atomic E-state index is 0.273. The topological polar surface area (TPSA) is 36.3 Å². The molecule has 3 nitrogen and oxygen atoms in total. The Morgan fingerprint density at radius 2 is 2.21 bits per heavy atom. The summed E-state index contributed by atoms with van der Waals surface area (Å²) in [5.41, 5.74) is 1.76. The van der Waals surface area contributed by atoms with Gasteiger partial charge in [0.15, 0.2) is 0 Å². The molecule has 1 aromatic rings. The summed E-state index contributed by atoms with van der Waals surface area (Å²) in [7, 11) is 0. The van der Waals surface area contributed by atoms with Crippen LogP contribution in [0, 0.1) is 17.1 Å². The van der Waals surface area contributed by atoms with Gasteiger partial charge in [-0.1, -0.05) is 19.9 Å². The Bertz CT molecular complexity index is 459. The van der Waals surface area contributed by atoms with Gasteiger partial charge in [0.2, 0.25) is 0 Å². The van der Waals surface area contributed by atoms with E-state index in [1.807, 2.05) is 4.90 Å². The summed E-state index contributed by atoms with van der Waals surface area (Å²) in [6.07, 6.45) is 0.894. The van der Waals surface area contributed by atoms with E-state index >= 15 is 0 Å². The van der Waals surface area contributed by atoms with E-state index in [1.54, 1.807) is 6.07 Å². The van der Waals surface area contributed by atoms with Crippen molar-refractivity contribution in [1.82, 2.24) is 4.90 Å². The molecule has 0 saturated carbocycles. The predicted octanol–water partition coefficient (Wildman–Crippen LogP) is 3.03. The summed E-state index contributed by atoms with van der Waals surface area (Å²) >= 11 is 0. The Morgan fingerprint density at radius 1 is 1.42 bits per heavy atom. The number of hydrogen-bond acceptors (Lipinski definition) is 2. The first-order valence-electron chi connectivity index (χ1n) is 6.78. The lowest BCUT2D eigenvalue weighted by molar-refractivity contribution is 0.104. The average Bonchev–Trinajstić information content (AvgIpc) is 2.66. The van der Waals surface area contributed by atoms with Crippen LogP contribution in [0.2, 0.25) is 0 Å². The largest absolute Gasteiger partial charge is 0.381 e. The van der Waals surface area contributed by atoms with Crippen molar-refractivity contribution in [3.8, 4) is 0 Å². The molecule has 1 aromatic carbocycles. The molecule has 19 heavy (non-hydrogen) atoms. The summed E-state index contributed by atoms with van der Waals surface area (Å²) in [5.74, 6) is 0.710. The molecule has 0 radical (unpaired) electrons. The number of ether oxygens (including phenoxy) is 1. The van der Waals surface area contributed by atoms with E-state index in [9.17, 15) is 4.39 Å². The zero-order valence-electron chi connectivity index (χ0n) is 11.6. The van der Waals surface area contributed by atoms with Crippen LogP contribution in [0.1, 0.15) is 31.4 Å². The second kappa shape index (κ2) is 6.15. The first kappa shape index (κ1) is 14.0. The van der Waals surface area contributed by atoms with Crippen LogP contribution in [-0.4, -0.2) is 30.5 Å². The van der Waals surface area contributed by atoms with Gasteiger partial charge in [-0.2, -0.15) is 0 Å². The van der Waals surface area contributed by atoms with Gasteiger partial charge >= 0.3 is 0 Å². The Balaban J connectivity index is 1.80. The SMILES string of the molecule is CC(C)COCCCN1Cc2ccc(F)cc2C1=N. The standard InChI is InChI=1S/C15H21FN2O/c1-11(2)10-19-7-3-6-18-9-12-4-5-13(16)8-14(12)15(18)17/h4-5,8,11,17H,3,6-7,9-10H2,1-2H3. The summed E-state index contributed by atoms with van der Waals surface area (Å²) in [6, 6.07) is 4.68. The minimum atomic E-state index is -0.273.